The summed E-state index contributed by atoms with van der Waals surface area (Å²) < 4.78 is 0. The molecule has 2 aliphatic rings. The molecule has 24 heavy (non-hydrogen) atoms. The van der Waals surface area contributed by atoms with E-state index in [1.807, 2.05) is 0 Å². The van der Waals surface area contributed by atoms with Gasteiger partial charge in [0.25, 0.3) is 0 Å². The largest absolute Gasteiger partial charge is 0.0616 e. The van der Waals surface area contributed by atoms with E-state index in [1.165, 1.54) is 54.3 Å². The summed E-state index contributed by atoms with van der Waals surface area (Å²) in [5.41, 5.74) is 5.49. The number of hydrogen-bond donors (Lipinski definition) is 0. The Hall–Kier alpha value is -3.12. The smallest absolute Gasteiger partial charge is 0.00259 e. The summed E-state index contributed by atoms with van der Waals surface area (Å²) in [7, 11) is 0. The fourth-order valence-electron chi connectivity index (χ4n) is 4.29. The highest BCUT2D eigenvalue weighted by Gasteiger charge is 2.23. The molecule has 0 saturated heterocycles. The molecule has 0 nitrogen and oxygen atoms in total. The van der Waals surface area contributed by atoms with E-state index in [9.17, 15) is 0 Å². The summed E-state index contributed by atoms with van der Waals surface area (Å²) in [6.07, 6.45) is 4.73. The van der Waals surface area contributed by atoms with Crippen LogP contribution in [0.15, 0.2) is 78.4 Å². The van der Waals surface area contributed by atoms with Gasteiger partial charge in [0, 0.05) is 0 Å². The van der Waals surface area contributed by atoms with E-state index in [1.54, 1.807) is 0 Å². The summed E-state index contributed by atoms with van der Waals surface area (Å²) in [6, 6.07) is 26.4. The van der Waals surface area contributed by atoms with Crippen LogP contribution in [0.25, 0.3) is 39.3 Å². The van der Waals surface area contributed by atoms with Crippen molar-refractivity contribution in [1.29, 1.82) is 0 Å². The number of hydrogen-bond acceptors (Lipinski definition) is 0. The first-order valence-corrected chi connectivity index (χ1v) is 8.38. The SMILES string of the molecule is C1=C2C=c3c(ccc4ccccc34)=C2c2ccc3ccccc3c21. The minimum atomic E-state index is 1.31. The highest BCUT2D eigenvalue weighted by atomic mass is 14.3. The van der Waals surface area contributed by atoms with E-state index < -0.39 is 0 Å². The molecule has 0 heterocycles. The van der Waals surface area contributed by atoms with Crippen LogP contribution < -0.4 is 10.4 Å². The van der Waals surface area contributed by atoms with Gasteiger partial charge >= 0.3 is 0 Å². The Balaban J connectivity index is 1.79. The van der Waals surface area contributed by atoms with E-state index in [4.69, 9.17) is 0 Å². The highest BCUT2D eigenvalue weighted by molar-refractivity contribution is 6.10. The van der Waals surface area contributed by atoms with E-state index in [2.05, 4.69) is 84.9 Å². The Morgan fingerprint density at radius 1 is 0.542 bits per heavy atom. The molecule has 0 bridgehead atoms. The fourth-order valence-corrected chi connectivity index (χ4v) is 4.29. The van der Waals surface area contributed by atoms with Crippen molar-refractivity contribution >= 4 is 39.3 Å². The second kappa shape index (κ2) is 4.24. The zero-order valence-corrected chi connectivity index (χ0v) is 13.1. The lowest BCUT2D eigenvalue weighted by Crippen LogP contribution is -2.23. The Bertz CT molecular complexity index is 1330. The zero-order valence-electron chi connectivity index (χ0n) is 13.1. The number of benzene rings is 4. The first-order chi connectivity index (χ1) is 11.9. The highest BCUT2D eigenvalue weighted by Crippen LogP contribution is 2.39. The fraction of sp³-hybridized carbons (Fsp3) is 0. The maximum atomic E-state index is 2.36. The van der Waals surface area contributed by atoms with Gasteiger partial charge in [0.15, 0.2) is 0 Å². The molecule has 2 aliphatic carbocycles. The van der Waals surface area contributed by atoms with Gasteiger partial charge in [-0.2, -0.15) is 0 Å². The average Bonchev–Trinajstić information content (AvgIpc) is 3.18. The van der Waals surface area contributed by atoms with Gasteiger partial charge in [-0.25, -0.2) is 0 Å². The number of fused-ring (bicyclic) bond motifs is 8. The lowest BCUT2D eigenvalue weighted by molar-refractivity contribution is 1.56. The molecule has 110 valence electrons. The molecule has 0 spiro atoms. The molecule has 0 heteroatoms. The Labute approximate surface area is 139 Å². The van der Waals surface area contributed by atoms with Crippen LogP contribution in [0.1, 0.15) is 11.1 Å². The molecule has 0 saturated carbocycles. The van der Waals surface area contributed by atoms with Crippen molar-refractivity contribution in [2.45, 2.75) is 0 Å². The molecule has 0 radical (unpaired) electrons. The number of rotatable bonds is 0. The van der Waals surface area contributed by atoms with E-state index in [-0.39, 0.29) is 0 Å². The minimum Gasteiger partial charge on any atom is -0.0616 e. The van der Waals surface area contributed by atoms with Gasteiger partial charge in [0.05, 0.1) is 0 Å². The van der Waals surface area contributed by atoms with Crippen LogP contribution >= 0.6 is 0 Å². The molecule has 0 aliphatic heterocycles. The van der Waals surface area contributed by atoms with Gasteiger partial charge in [0.1, 0.15) is 0 Å². The summed E-state index contributed by atoms with van der Waals surface area (Å²) in [6.45, 7) is 0. The van der Waals surface area contributed by atoms with Gasteiger partial charge in [-0.15, -0.1) is 0 Å². The molecule has 4 aromatic carbocycles. The molecule has 0 unspecified atom stereocenters. The van der Waals surface area contributed by atoms with Crippen LogP contribution in [0.2, 0.25) is 0 Å². The average molecular weight is 302 g/mol. The second-order valence-electron chi connectivity index (χ2n) is 6.61. The molecular weight excluding hydrogens is 288 g/mol. The van der Waals surface area contributed by atoms with Gasteiger partial charge < -0.3 is 0 Å². The van der Waals surface area contributed by atoms with Crippen molar-refractivity contribution in [3.63, 3.8) is 0 Å². The van der Waals surface area contributed by atoms with E-state index in [0.717, 1.165) is 0 Å². The van der Waals surface area contributed by atoms with E-state index >= 15 is 0 Å². The predicted octanol–water partition coefficient (Wildman–Crippen LogP) is 4.38. The van der Waals surface area contributed by atoms with E-state index in [0.29, 0.717) is 0 Å². The van der Waals surface area contributed by atoms with Crippen LogP contribution in [0.4, 0.5) is 0 Å². The topological polar surface area (TPSA) is 0 Å². The third-order valence-electron chi connectivity index (χ3n) is 5.37. The van der Waals surface area contributed by atoms with Crippen molar-refractivity contribution < 1.29 is 0 Å². The summed E-state index contributed by atoms with van der Waals surface area (Å²) in [5.74, 6) is 0. The van der Waals surface area contributed by atoms with Gasteiger partial charge in [-0.1, -0.05) is 72.8 Å². The second-order valence-corrected chi connectivity index (χ2v) is 6.61. The normalized spacial score (nSPS) is 14.3. The molecule has 0 fully saturated rings. The molecule has 0 aromatic heterocycles. The molecule has 0 atom stereocenters. The van der Waals surface area contributed by atoms with Crippen molar-refractivity contribution in [3.8, 4) is 0 Å². The molecule has 4 aromatic rings. The molecule has 0 N–H and O–H groups in total. The Morgan fingerprint density at radius 2 is 1.25 bits per heavy atom. The third kappa shape index (κ3) is 1.43. The van der Waals surface area contributed by atoms with Crippen molar-refractivity contribution in [2.24, 2.45) is 0 Å². The zero-order chi connectivity index (χ0) is 15.7. The Morgan fingerprint density at radius 3 is 2.12 bits per heavy atom. The van der Waals surface area contributed by atoms with Gasteiger partial charge in [0.2, 0.25) is 0 Å². The van der Waals surface area contributed by atoms with Crippen molar-refractivity contribution in [3.05, 3.63) is 99.9 Å². The van der Waals surface area contributed by atoms with Crippen LogP contribution in [-0.4, -0.2) is 0 Å². The van der Waals surface area contributed by atoms with Gasteiger partial charge in [-0.05, 0) is 66.4 Å². The standard InChI is InChI=1S/C24H14/c1-3-7-18-15(5-1)9-11-20-22(18)13-17-14-23-19-8-4-2-6-16(19)10-12-21(23)24(17)20/h1-14H. The summed E-state index contributed by atoms with van der Waals surface area (Å²) in [5, 5.41) is 8.06. The predicted molar refractivity (Wildman–Crippen MR) is 102 cm³/mol. The first-order valence-electron chi connectivity index (χ1n) is 8.38. The van der Waals surface area contributed by atoms with Crippen LogP contribution in [0, 0.1) is 0 Å². The quantitative estimate of drug-likeness (QED) is 0.452. The van der Waals surface area contributed by atoms with Crippen molar-refractivity contribution in [2.75, 3.05) is 0 Å². The molecule has 0 amide bonds. The monoisotopic (exact) mass is 302 g/mol. The van der Waals surface area contributed by atoms with Crippen molar-refractivity contribution in [1.82, 2.24) is 0 Å². The number of allylic oxidation sites excluding steroid dienone is 1. The van der Waals surface area contributed by atoms with Crippen LogP contribution in [0.3, 0.4) is 0 Å². The first kappa shape index (κ1) is 12.3. The molecular formula is C24H14. The summed E-state index contributed by atoms with van der Waals surface area (Å²) in [4.78, 5) is 0. The Kier molecular flexibility index (Phi) is 2.18. The van der Waals surface area contributed by atoms with Gasteiger partial charge in [-0.3, -0.25) is 0 Å². The summed E-state index contributed by atoms with van der Waals surface area (Å²) >= 11 is 0. The minimum absolute atomic E-state index is 1.31. The third-order valence-corrected chi connectivity index (χ3v) is 5.37. The molecule has 6 rings (SSSR count). The van der Waals surface area contributed by atoms with Crippen LogP contribution in [0.5, 0.6) is 0 Å². The maximum absolute atomic E-state index is 2.36. The lowest BCUT2D eigenvalue weighted by atomic mass is 9.97. The maximum Gasteiger partial charge on any atom is -0.00259 e. The lowest BCUT2D eigenvalue weighted by Gasteiger charge is -2.06. The van der Waals surface area contributed by atoms with Crippen LogP contribution in [-0.2, 0) is 0 Å².